The molecular formula is C4H11ClOTi. The monoisotopic (exact) mass is 158 g/mol. The maximum atomic E-state index is 8.07. The first-order valence-electron chi connectivity index (χ1n) is 2.02. The quantitative estimate of drug-likeness (QED) is 0.599. The predicted molar refractivity (Wildman–Crippen MR) is 29.2 cm³/mol. The number of aliphatic hydroxyl groups is 1. The third-order valence-corrected chi connectivity index (χ3v) is 0.512. The van der Waals surface area contributed by atoms with Crippen LogP contribution in [0.15, 0.2) is 0 Å². The molecule has 0 spiro atoms. The summed E-state index contributed by atoms with van der Waals surface area (Å²) in [4.78, 5) is 0. The molecule has 1 N–H and O–H groups in total. The Morgan fingerprint density at radius 3 is 1.86 bits per heavy atom. The van der Waals surface area contributed by atoms with Gasteiger partial charge in [0.25, 0.3) is 0 Å². The Hall–Kier alpha value is 0.964. The standard InChI is InChI=1S/C4H10O.ClH.Ti/c1-2-3-4-5;;/h5H,2-4H2,1H3;1H;. The van der Waals surface area contributed by atoms with E-state index >= 15 is 0 Å². The molecule has 0 radical (unpaired) electrons. The third-order valence-electron chi connectivity index (χ3n) is 0.512. The first-order chi connectivity index (χ1) is 2.41. The molecule has 7 heavy (non-hydrogen) atoms. The number of aliphatic hydroxyl groups excluding tert-OH is 1. The molecular weight excluding hydrogens is 147 g/mol. The van der Waals surface area contributed by atoms with Crippen LogP contribution in [0.1, 0.15) is 19.8 Å². The van der Waals surface area contributed by atoms with Crippen LogP contribution < -0.4 is 0 Å². The Morgan fingerprint density at radius 2 is 1.86 bits per heavy atom. The molecule has 0 aromatic carbocycles. The number of halogens is 1. The predicted octanol–water partition coefficient (Wildman–Crippen LogP) is 1.20. The van der Waals surface area contributed by atoms with E-state index in [1.165, 1.54) is 0 Å². The van der Waals surface area contributed by atoms with E-state index in [0.717, 1.165) is 12.8 Å². The summed E-state index contributed by atoms with van der Waals surface area (Å²) in [6.45, 7) is 2.40. The van der Waals surface area contributed by atoms with Crippen molar-refractivity contribution in [2.75, 3.05) is 6.61 Å². The Balaban J connectivity index is -0.0000000800. The molecule has 0 saturated heterocycles. The van der Waals surface area contributed by atoms with Crippen molar-refractivity contribution >= 4 is 12.4 Å². The van der Waals surface area contributed by atoms with Crippen molar-refractivity contribution in [3.8, 4) is 0 Å². The van der Waals surface area contributed by atoms with Crippen LogP contribution in [0.3, 0.4) is 0 Å². The van der Waals surface area contributed by atoms with Crippen molar-refractivity contribution in [2.45, 2.75) is 19.8 Å². The average molecular weight is 158 g/mol. The fourth-order valence-electron chi connectivity index (χ4n) is 0.158. The van der Waals surface area contributed by atoms with Crippen LogP contribution >= 0.6 is 12.4 Å². The van der Waals surface area contributed by atoms with Gasteiger partial charge in [-0.25, -0.2) is 0 Å². The second kappa shape index (κ2) is 15.8. The van der Waals surface area contributed by atoms with E-state index in [-0.39, 0.29) is 34.1 Å². The number of hydrogen-bond acceptors (Lipinski definition) is 1. The van der Waals surface area contributed by atoms with Crippen LogP contribution in [0.25, 0.3) is 0 Å². The average Bonchev–Trinajstić information content (AvgIpc) is 1.41. The summed E-state index contributed by atoms with van der Waals surface area (Å²) in [6, 6.07) is 0. The number of hydrogen-bond donors (Lipinski definition) is 1. The minimum absolute atomic E-state index is 0. The summed E-state index contributed by atoms with van der Waals surface area (Å²) < 4.78 is 0. The van der Waals surface area contributed by atoms with E-state index in [4.69, 9.17) is 5.11 Å². The smallest absolute Gasteiger partial charge is 0.0430 e. The van der Waals surface area contributed by atoms with Gasteiger partial charge >= 0.3 is 0 Å². The SMILES string of the molecule is CCCCO.Cl.[Ti]. The van der Waals surface area contributed by atoms with Crippen molar-refractivity contribution in [1.29, 1.82) is 0 Å². The molecule has 44 valence electrons. The van der Waals surface area contributed by atoms with E-state index in [9.17, 15) is 0 Å². The van der Waals surface area contributed by atoms with E-state index in [1.807, 2.05) is 0 Å². The van der Waals surface area contributed by atoms with Gasteiger partial charge in [-0.15, -0.1) is 12.4 Å². The molecule has 0 saturated carbocycles. The molecule has 0 aliphatic heterocycles. The van der Waals surface area contributed by atoms with Gasteiger partial charge in [0, 0.05) is 28.3 Å². The Morgan fingerprint density at radius 1 is 1.43 bits per heavy atom. The molecule has 0 heterocycles. The van der Waals surface area contributed by atoms with Gasteiger partial charge in [-0.2, -0.15) is 0 Å². The van der Waals surface area contributed by atoms with Crippen molar-refractivity contribution < 1.29 is 26.8 Å². The van der Waals surface area contributed by atoms with Crippen molar-refractivity contribution in [1.82, 2.24) is 0 Å². The normalized spacial score (nSPS) is 6.00. The van der Waals surface area contributed by atoms with Crippen molar-refractivity contribution in [3.05, 3.63) is 0 Å². The molecule has 0 aromatic rings. The molecule has 0 atom stereocenters. The summed E-state index contributed by atoms with van der Waals surface area (Å²) in [7, 11) is 0. The number of rotatable bonds is 2. The van der Waals surface area contributed by atoms with E-state index in [2.05, 4.69) is 6.92 Å². The molecule has 0 bridgehead atoms. The second-order valence-corrected chi connectivity index (χ2v) is 1.08. The summed E-state index contributed by atoms with van der Waals surface area (Å²) >= 11 is 0. The van der Waals surface area contributed by atoms with Gasteiger partial charge in [-0.05, 0) is 6.42 Å². The van der Waals surface area contributed by atoms with Gasteiger partial charge in [-0.1, -0.05) is 13.3 Å². The third kappa shape index (κ3) is 19.5. The van der Waals surface area contributed by atoms with E-state index < -0.39 is 0 Å². The van der Waals surface area contributed by atoms with Gasteiger partial charge < -0.3 is 5.11 Å². The van der Waals surface area contributed by atoms with Crippen LogP contribution in [0, 0.1) is 0 Å². The van der Waals surface area contributed by atoms with E-state index in [0.29, 0.717) is 6.61 Å². The molecule has 0 aromatic heterocycles. The fourth-order valence-corrected chi connectivity index (χ4v) is 0.158. The molecule has 0 amide bonds. The summed E-state index contributed by atoms with van der Waals surface area (Å²) in [5.41, 5.74) is 0. The Bertz CT molecular complexity index is 19.2. The number of unbranched alkanes of at least 4 members (excludes halogenated alkanes) is 1. The Kier molecular flexibility index (Phi) is 35.3. The van der Waals surface area contributed by atoms with Crippen LogP contribution in [0.4, 0.5) is 0 Å². The van der Waals surface area contributed by atoms with Gasteiger partial charge in [0.2, 0.25) is 0 Å². The zero-order valence-corrected chi connectivity index (χ0v) is 6.85. The van der Waals surface area contributed by atoms with Crippen LogP contribution in [0.2, 0.25) is 0 Å². The second-order valence-electron chi connectivity index (χ2n) is 1.08. The minimum Gasteiger partial charge on any atom is -0.396 e. The topological polar surface area (TPSA) is 20.2 Å². The fraction of sp³-hybridized carbons (Fsp3) is 1.00. The van der Waals surface area contributed by atoms with Gasteiger partial charge in [0.15, 0.2) is 0 Å². The molecule has 0 rings (SSSR count). The summed E-state index contributed by atoms with van der Waals surface area (Å²) in [5.74, 6) is 0. The maximum absolute atomic E-state index is 8.07. The molecule has 0 fully saturated rings. The van der Waals surface area contributed by atoms with Crippen LogP contribution in [-0.2, 0) is 21.7 Å². The molecule has 0 aliphatic rings. The first-order valence-corrected chi connectivity index (χ1v) is 2.02. The molecule has 3 heteroatoms. The zero-order chi connectivity index (χ0) is 4.12. The summed E-state index contributed by atoms with van der Waals surface area (Å²) in [6.07, 6.45) is 2.04. The van der Waals surface area contributed by atoms with Gasteiger partial charge in [-0.3, -0.25) is 0 Å². The molecule has 1 nitrogen and oxygen atoms in total. The largest absolute Gasteiger partial charge is 0.396 e. The van der Waals surface area contributed by atoms with Crippen molar-refractivity contribution in [3.63, 3.8) is 0 Å². The Labute approximate surface area is 65.8 Å². The van der Waals surface area contributed by atoms with Gasteiger partial charge in [0.1, 0.15) is 0 Å². The van der Waals surface area contributed by atoms with Gasteiger partial charge in [0.05, 0.1) is 0 Å². The zero-order valence-electron chi connectivity index (χ0n) is 4.48. The van der Waals surface area contributed by atoms with E-state index in [1.54, 1.807) is 0 Å². The molecule has 0 unspecified atom stereocenters. The van der Waals surface area contributed by atoms with Crippen molar-refractivity contribution in [2.24, 2.45) is 0 Å². The summed E-state index contributed by atoms with van der Waals surface area (Å²) in [5, 5.41) is 8.07. The maximum Gasteiger partial charge on any atom is 0.0430 e. The van der Waals surface area contributed by atoms with Crippen LogP contribution in [-0.4, -0.2) is 11.7 Å². The first kappa shape index (κ1) is 15.7. The van der Waals surface area contributed by atoms with Crippen LogP contribution in [0.5, 0.6) is 0 Å². The minimum atomic E-state index is 0. The molecule has 0 aliphatic carbocycles.